The maximum absolute atomic E-state index is 6.25. The molecule has 1 aromatic carbocycles. The first kappa shape index (κ1) is 15.4. The number of nitrogens with two attached hydrogens (primary N) is 1. The van der Waals surface area contributed by atoms with E-state index in [-0.39, 0.29) is 0 Å². The van der Waals surface area contributed by atoms with Crippen molar-refractivity contribution in [3.05, 3.63) is 29.8 Å². The molecule has 2 heteroatoms. The predicted octanol–water partition coefficient (Wildman–Crippen LogP) is 5.06. The van der Waals surface area contributed by atoms with Gasteiger partial charge in [0.15, 0.2) is 0 Å². The summed E-state index contributed by atoms with van der Waals surface area (Å²) in [5.41, 5.74) is 8.25. The van der Waals surface area contributed by atoms with Crippen LogP contribution in [-0.2, 0) is 0 Å². The average molecular weight is 304 g/mol. The summed E-state index contributed by atoms with van der Waals surface area (Å²) in [5.74, 6) is 3.75. The minimum absolute atomic E-state index is 0.411. The Bertz CT molecular complexity index is 474. The quantitative estimate of drug-likeness (QED) is 0.841. The highest BCUT2D eigenvalue weighted by molar-refractivity contribution is 7.99. The van der Waals surface area contributed by atoms with Gasteiger partial charge in [-0.05, 0) is 73.4 Å². The molecule has 2 aliphatic rings. The Morgan fingerprint density at radius 2 is 1.95 bits per heavy atom. The van der Waals surface area contributed by atoms with Crippen molar-refractivity contribution >= 4 is 11.8 Å². The minimum Gasteiger partial charge on any atom is -0.330 e. The lowest BCUT2D eigenvalue weighted by molar-refractivity contribution is 0.117. The van der Waals surface area contributed by atoms with E-state index in [1.54, 1.807) is 5.56 Å². The molecule has 0 spiro atoms. The van der Waals surface area contributed by atoms with Gasteiger partial charge in [-0.2, -0.15) is 0 Å². The van der Waals surface area contributed by atoms with Crippen LogP contribution in [-0.4, -0.2) is 12.3 Å². The van der Waals surface area contributed by atoms with Gasteiger partial charge in [-0.15, -0.1) is 11.8 Å². The zero-order valence-electron chi connectivity index (χ0n) is 13.5. The molecule has 0 bridgehead atoms. The Hall–Kier alpha value is -0.470. The standard InChI is InChI=1S/C19H29NS/c1-14(2)15-7-9-19(13-20,10-8-15)11-16-12-21-18-6-4-3-5-17(16)18/h3-6,14-16H,7-13,20H2,1-2H3. The smallest absolute Gasteiger partial charge is 0.0107 e. The fourth-order valence-electron chi connectivity index (χ4n) is 4.33. The van der Waals surface area contributed by atoms with Crippen molar-refractivity contribution in [1.29, 1.82) is 0 Å². The molecule has 116 valence electrons. The highest BCUT2D eigenvalue weighted by atomic mass is 32.2. The van der Waals surface area contributed by atoms with Crippen LogP contribution in [0.3, 0.4) is 0 Å². The Morgan fingerprint density at radius 1 is 1.24 bits per heavy atom. The Labute approximate surface area is 134 Å². The zero-order valence-corrected chi connectivity index (χ0v) is 14.3. The largest absolute Gasteiger partial charge is 0.330 e. The molecule has 0 radical (unpaired) electrons. The molecule has 1 unspecified atom stereocenters. The Kier molecular flexibility index (Phi) is 4.66. The Morgan fingerprint density at radius 3 is 2.62 bits per heavy atom. The normalized spacial score (nSPS) is 32.4. The summed E-state index contributed by atoms with van der Waals surface area (Å²) in [6, 6.07) is 8.98. The van der Waals surface area contributed by atoms with E-state index in [1.807, 2.05) is 11.8 Å². The first-order valence-corrected chi connectivity index (χ1v) is 9.54. The van der Waals surface area contributed by atoms with E-state index in [0.29, 0.717) is 5.41 Å². The van der Waals surface area contributed by atoms with Crippen molar-refractivity contribution in [3.63, 3.8) is 0 Å². The molecule has 3 rings (SSSR count). The second kappa shape index (κ2) is 6.34. The Balaban J connectivity index is 1.69. The second-order valence-electron chi connectivity index (χ2n) is 7.54. The lowest BCUT2D eigenvalue weighted by Crippen LogP contribution is -2.37. The number of rotatable bonds is 4. The van der Waals surface area contributed by atoms with Crippen LogP contribution in [0.5, 0.6) is 0 Å². The van der Waals surface area contributed by atoms with E-state index >= 15 is 0 Å². The van der Waals surface area contributed by atoms with Crippen LogP contribution < -0.4 is 5.73 Å². The van der Waals surface area contributed by atoms with E-state index < -0.39 is 0 Å². The molecule has 0 amide bonds. The topological polar surface area (TPSA) is 26.0 Å². The fraction of sp³-hybridized carbons (Fsp3) is 0.684. The van der Waals surface area contributed by atoms with Gasteiger partial charge in [-0.1, -0.05) is 32.0 Å². The summed E-state index contributed by atoms with van der Waals surface area (Å²) in [6.45, 7) is 5.63. The van der Waals surface area contributed by atoms with Crippen LogP contribution in [0.15, 0.2) is 29.2 Å². The summed E-state index contributed by atoms with van der Waals surface area (Å²) in [5, 5.41) is 0. The molecular weight excluding hydrogens is 274 g/mol. The minimum atomic E-state index is 0.411. The first-order chi connectivity index (χ1) is 10.1. The average Bonchev–Trinajstić information content (AvgIpc) is 2.91. The summed E-state index contributed by atoms with van der Waals surface area (Å²) in [6.07, 6.45) is 6.76. The van der Waals surface area contributed by atoms with Crippen LogP contribution in [0.1, 0.15) is 57.4 Å². The van der Waals surface area contributed by atoms with Crippen molar-refractivity contribution in [2.75, 3.05) is 12.3 Å². The van der Waals surface area contributed by atoms with Crippen LogP contribution in [0.25, 0.3) is 0 Å². The summed E-state index contributed by atoms with van der Waals surface area (Å²) < 4.78 is 0. The fourth-order valence-corrected chi connectivity index (χ4v) is 5.59. The van der Waals surface area contributed by atoms with Gasteiger partial charge in [-0.3, -0.25) is 0 Å². The van der Waals surface area contributed by atoms with Gasteiger partial charge in [0.1, 0.15) is 0 Å². The van der Waals surface area contributed by atoms with Gasteiger partial charge in [0, 0.05) is 10.6 Å². The van der Waals surface area contributed by atoms with E-state index in [1.165, 1.54) is 42.8 Å². The summed E-state index contributed by atoms with van der Waals surface area (Å²) in [4.78, 5) is 1.51. The molecular formula is C19H29NS. The predicted molar refractivity (Wildman–Crippen MR) is 92.8 cm³/mol. The van der Waals surface area contributed by atoms with E-state index in [2.05, 4.69) is 38.1 Å². The molecule has 1 aliphatic carbocycles. The molecule has 0 aromatic heterocycles. The zero-order chi connectivity index (χ0) is 14.9. The second-order valence-corrected chi connectivity index (χ2v) is 8.60. The molecule has 21 heavy (non-hydrogen) atoms. The molecule has 1 heterocycles. The number of thioether (sulfide) groups is 1. The summed E-state index contributed by atoms with van der Waals surface area (Å²) in [7, 11) is 0. The van der Waals surface area contributed by atoms with Crippen LogP contribution in [0.2, 0.25) is 0 Å². The maximum atomic E-state index is 6.25. The molecule has 0 saturated heterocycles. The third-order valence-electron chi connectivity index (χ3n) is 5.95. The van der Waals surface area contributed by atoms with Crippen LogP contribution >= 0.6 is 11.8 Å². The monoisotopic (exact) mass is 303 g/mol. The van der Waals surface area contributed by atoms with Gasteiger partial charge in [-0.25, -0.2) is 0 Å². The molecule has 1 aromatic rings. The van der Waals surface area contributed by atoms with Crippen molar-refractivity contribution < 1.29 is 0 Å². The maximum Gasteiger partial charge on any atom is 0.0107 e. The van der Waals surface area contributed by atoms with E-state index in [4.69, 9.17) is 5.73 Å². The van der Waals surface area contributed by atoms with Crippen molar-refractivity contribution in [2.24, 2.45) is 23.0 Å². The third-order valence-corrected chi connectivity index (χ3v) is 7.20. The molecule has 2 N–H and O–H groups in total. The third kappa shape index (κ3) is 3.17. The molecule has 1 atom stereocenters. The van der Waals surface area contributed by atoms with E-state index in [9.17, 15) is 0 Å². The van der Waals surface area contributed by atoms with Crippen LogP contribution in [0, 0.1) is 17.3 Å². The highest BCUT2D eigenvalue weighted by Gasteiger charge is 2.38. The van der Waals surface area contributed by atoms with Crippen molar-refractivity contribution in [1.82, 2.24) is 0 Å². The summed E-state index contributed by atoms with van der Waals surface area (Å²) >= 11 is 2.04. The first-order valence-electron chi connectivity index (χ1n) is 8.55. The molecule has 1 nitrogen and oxygen atoms in total. The van der Waals surface area contributed by atoms with Gasteiger partial charge >= 0.3 is 0 Å². The molecule has 1 saturated carbocycles. The van der Waals surface area contributed by atoms with Crippen molar-refractivity contribution in [2.45, 2.75) is 56.8 Å². The number of hydrogen-bond acceptors (Lipinski definition) is 2. The molecule has 1 fully saturated rings. The van der Waals surface area contributed by atoms with E-state index in [0.717, 1.165) is 24.3 Å². The highest BCUT2D eigenvalue weighted by Crippen LogP contribution is 2.50. The number of hydrogen-bond donors (Lipinski definition) is 1. The molecule has 1 aliphatic heterocycles. The number of benzene rings is 1. The lowest BCUT2D eigenvalue weighted by Gasteiger charge is -2.42. The van der Waals surface area contributed by atoms with Gasteiger partial charge in [0.05, 0.1) is 0 Å². The van der Waals surface area contributed by atoms with Crippen molar-refractivity contribution in [3.8, 4) is 0 Å². The van der Waals surface area contributed by atoms with Gasteiger partial charge < -0.3 is 5.73 Å². The SMILES string of the molecule is CC(C)C1CCC(CN)(CC2CSc3ccccc32)CC1. The lowest BCUT2D eigenvalue weighted by atomic mass is 9.64. The van der Waals surface area contributed by atoms with Gasteiger partial charge in [0.2, 0.25) is 0 Å². The number of fused-ring (bicyclic) bond motifs is 1. The van der Waals surface area contributed by atoms with Crippen LogP contribution in [0.4, 0.5) is 0 Å². The van der Waals surface area contributed by atoms with Gasteiger partial charge in [0.25, 0.3) is 0 Å².